The van der Waals surface area contributed by atoms with Crippen LogP contribution in [0.5, 0.6) is 0 Å². The van der Waals surface area contributed by atoms with Gasteiger partial charge < -0.3 is 5.32 Å². The predicted molar refractivity (Wildman–Crippen MR) is 150 cm³/mol. The van der Waals surface area contributed by atoms with Gasteiger partial charge in [-0.2, -0.15) is 19.9 Å². The van der Waals surface area contributed by atoms with E-state index in [1.54, 1.807) is 41.9 Å². The number of carbonyl (C=O) groups excluding carboxylic acids is 1. The van der Waals surface area contributed by atoms with Crippen LogP contribution in [-0.2, 0) is 4.79 Å². The lowest BCUT2D eigenvalue weighted by Crippen LogP contribution is -2.24. The second-order valence-electron chi connectivity index (χ2n) is 8.99. The minimum atomic E-state index is -0.558. The molecular formula is C29H22ClN7O2. The number of fused-ring (bicyclic) bond motifs is 1. The van der Waals surface area contributed by atoms with E-state index in [1.165, 1.54) is 10.9 Å². The normalized spacial score (nSPS) is 11.3. The number of aryl methyl sites for hydroxylation is 1. The molecule has 1 amide bonds. The van der Waals surface area contributed by atoms with E-state index in [2.05, 4.69) is 25.5 Å². The van der Waals surface area contributed by atoms with Gasteiger partial charge in [0.05, 0.1) is 23.5 Å². The number of nitrogens with one attached hydrogen (secondary N) is 2. The third-order valence-corrected chi connectivity index (χ3v) is 6.56. The van der Waals surface area contributed by atoms with Gasteiger partial charge in [0.15, 0.2) is 5.65 Å². The molecule has 192 valence electrons. The third kappa shape index (κ3) is 4.71. The monoisotopic (exact) mass is 535 g/mol. The summed E-state index contributed by atoms with van der Waals surface area (Å²) in [6.45, 7) is 1.80. The summed E-state index contributed by atoms with van der Waals surface area (Å²) in [5.41, 5.74) is 2.99. The smallest absolute Gasteiger partial charge is 0.263 e. The lowest BCUT2D eigenvalue weighted by atomic mass is 9.90. The molecule has 10 heteroatoms. The van der Waals surface area contributed by atoms with Crippen molar-refractivity contribution in [3.8, 4) is 11.6 Å². The first-order chi connectivity index (χ1) is 19.0. The van der Waals surface area contributed by atoms with Gasteiger partial charge in [-0.1, -0.05) is 72.3 Å². The van der Waals surface area contributed by atoms with Gasteiger partial charge in [0.1, 0.15) is 11.2 Å². The maximum absolute atomic E-state index is 13.7. The van der Waals surface area contributed by atoms with E-state index < -0.39 is 5.92 Å². The molecule has 0 saturated heterocycles. The molecule has 0 bridgehead atoms. The first kappa shape index (κ1) is 24.3. The molecule has 0 atom stereocenters. The summed E-state index contributed by atoms with van der Waals surface area (Å²) in [5.74, 6) is -0.294. The molecular weight excluding hydrogens is 514 g/mol. The molecule has 6 rings (SSSR count). The van der Waals surface area contributed by atoms with Gasteiger partial charge in [0.25, 0.3) is 5.56 Å². The van der Waals surface area contributed by atoms with E-state index in [0.29, 0.717) is 33.3 Å². The Kier molecular flexibility index (Phi) is 6.26. The van der Waals surface area contributed by atoms with Crippen LogP contribution in [0.25, 0.3) is 22.7 Å². The first-order valence-corrected chi connectivity index (χ1v) is 12.6. The number of benzene rings is 3. The van der Waals surface area contributed by atoms with Crippen molar-refractivity contribution in [3.63, 3.8) is 0 Å². The Labute approximate surface area is 227 Å². The molecule has 2 N–H and O–H groups in total. The minimum absolute atomic E-state index is 0.141. The molecule has 0 fully saturated rings. The van der Waals surface area contributed by atoms with Crippen LogP contribution < -0.4 is 10.9 Å². The van der Waals surface area contributed by atoms with Crippen LogP contribution in [0.4, 0.5) is 5.82 Å². The van der Waals surface area contributed by atoms with Gasteiger partial charge in [-0.05, 0) is 42.3 Å². The van der Waals surface area contributed by atoms with E-state index in [1.807, 2.05) is 60.7 Å². The Balaban J connectivity index is 1.41. The summed E-state index contributed by atoms with van der Waals surface area (Å²) in [6.07, 6.45) is 1.46. The highest BCUT2D eigenvalue weighted by atomic mass is 35.5. The molecule has 0 aliphatic carbocycles. The van der Waals surface area contributed by atoms with Crippen LogP contribution in [0.3, 0.4) is 0 Å². The molecule has 0 aliphatic rings. The van der Waals surface area contributed by atoms with Crippen LogP contribution in [0.15, 0.2) is 102 Å². The van der Waals surface area contributed by atoms with Crippen LogP contribution in [0.2, 0.25) is 5.02 Å². The van der Waals surface area contributed by atoms with Gasteiger partial charge >= 0.3 is 0 Å². The molecule has 3 aromatic carbocycles. The zero-order valence-corrected chi connectivity index (χ0v) is 21.5. The highest BCUT2D eigenvalue weighted by Gasteiger charge is 2.25. The van der Waals surface area contributed by atoms with Crippen molar-refractivity contribution >= 4 is 34.4 Å². The fraction of sp³-hybridized carbons (Fsp3) is 0.0690. The molecule has 39 heavy (non-hydrogen) atoms. The third-order valence-electron chi connectivity index (χ3n) is 6.31. The van der Waals surface area contributed by atoms with Crippen LogP contribution in [0, 0.1) is 6.92 Å². The molecule has 9 nitrogen and oxygen atoms in total. The summed E-state index contributed by atoms with van der Waals surface area (Å²) in [6, 6.07) is 27.9. The standard InChI is InChI=1S/C29H22ClN7O2/c1-18-16-24(32-28(39)25(19-8-4-2-5-9-19)20-10-6-3-7-11-20)37(35-18)29-33-26-23(27(38)34-29)17-31-36(26)22-14-12-21(30)13-15-22/h2-17,25H,1H3,(H,32,39)(H,33,34,38). The number of carbonyl (C=O) groups is 1. The predicted octanol–water partition coefficient (Wildman–Crippen LogP) is 5.03. The van der Waals surface area contributed by atoms with Crippen molar-refractivity contribution in [3.05, 3.63) is 129 Å². The number of H-pyrrole nitrogens is 1. The van der Waals surface area contributed by atoms with Crippen LogP contribution >= 0.6 is 11.6 Å². The van der Waals surface area contributed by atoms with Gasteiger partial charge in [-0.3, -0.25) is 14.6 Å². The number of aromatic nitrogens is 6. The Morgan fingerprint density at radius 2 is 1.56 bits per heavy atom. The fourth-order valence-corrected chi connectivity index (χ4v) is 4.64. The Hall–Kier alpha value is -5.02. The van der Waals surface area contributed by atoms with E-state index in [0.717, 1.165) is 11.1 Å². The summed E-state index contributed by atoms with van der Waals surface area (Å²) >= 11 is 6.04. The average Bonchev–Trinajstić information content (AvgIpc) is 3.54. The summed E-state index contributed by atoms with van der Waals surface area (Å²) in [4.78, 5) is 34.2. The molecule has 6 aromatic rings. The van der Waals surface area contributed by atoms with Crippen LogP contribution in [0.1, 0.15) is 22.7 Å². The summed E-state index contributed by atoms with van der Waals surface area (Å²) < 4.78 is 2.97. The van der Waals surface area contributed by atoms with Crippen molar-refractivity contribution in [2.45, 2.75) is 12.8 Å². The van der Waals surface area contributed by atoms with Crippen molar-refractivity contribution in [2.24, 2.45) is 0 Å². The number of anilines is 1. The van der Waals surface area contributed by atoms with Crippen molar-refractivity contribution < 1.29 is 4.79 Å². The summed E-state index contributed by atoms with van der Waals surface area (Å²) in [7, 11) is 0. The lowest BCUT2D eigenvalue weighted by Gasteiger charge is -2.18. The van der Waals surface area contributed by atoms with E-state index in [9.17, 15) is 9.59 Å². The zero-order chi connectivity index (χ0) is 26.9. The quantitative estimate of drug-likeness (QED) is 0.311. The minimum Gasteiger partial charge on any atom is -0.310 e. The van der Waals surface area contributed by atoms with Gasteiger partial charge in [0.2, 0.25) is 11.9 Å². The van der Waals surface area contributed by atoms with Crippen molar-refractivity contribution in [1.29, 1.82) is 0 Å². The Morgan fingerprint density at radius 1 is 0.923 bits per heavy atom. The first-order valence-electron chi connectivity index (χ1n) is 12.2. The highest BCUT2D eigenvalue weighted by Crippen LogP contribution is 2.27. The number of nitrogens with zero attached hydrogens (tertiary/aromatic N) is 5. The molecule has 3 heterocycles. The molecule has 3 aromatic heterocycles. The fourth-order valence-electron chi connectivity index (χ4n) is 4.51. The maximum atomic E-state index is 13.7. The van der Waals surface area contributed by atoms with Gasteiger partial charge in [-0.15, -0.1) is 0 Å². The van der Waals surface area contributed by atoms with Crippen LogP contribution in [-0.4, -0.2) is 35.4 Å². The molecule has 0 radical (unpaired) electrons. The highest BCUT2D eigenvalue weighted by molar-refractivity contribution is 6.30. The lowest BCUT2D eigenvalue weighted by molar-refractivity contribution is -0.116. The number of hydrogen-bond donors (Lipinski definition) is 2. The number of aromatic amines is 1. The molecule has 0 unspecified atom stereocenters. The van der Waals surface area contributed by atoms with E-state index in [4.69, 9.17) is 11.6 Å². The zero-order valence-electron chi connectivity index (χ0n) is 20.7. The topological polar surface area (TPSA) is 110 Å². The number of hydrogen-bond acceptors (Lipinski definition) is 5. The molecule has 0 aliphatic heterocycles. The average molecular weight is 536 g/mol. The van der Waals surface area contributed by atoms with Crippen molar-refractivity contribution in [1.82, 2.24) is 29.5 Å². The van der Waals surface area contributed by atoms with Gasteiger partial charge in [0, 0.05) is 11.1 Å². The molecule has 0 saturated carbocycles. The van der Waals surface area contributed by atoms with E-state index in [-0.39, 0.29) is 17.4 Å². The summed E-state index contributed by atoms with van der Waals surface area (Å²) in [5, 5.41) is 12.8. The Morgan fingerprint density at radius 3 is 2.21 bits per heavy atom. The van der Waals surface area contributed by atoms with Crippen molar-refractivity contribution in [2.75, 3.05) is 5.32 Å². The number of rotatable bonds is 6. The largest absolute Gasteiger partial charge is 0.310 e. The van der Waals surface area contributed by atoms with E-state index >= 15 is 0 Å². The molecule has 0 spiro atoms. The van der Waals surface area contributed by atoms with Gasteiger partial charge in [-0.25, -0.2) is 4.68 Å². The Bertz CT molecular complexity index is 1800. The maximum Gasteiger partial charge on any atom is 0.263 e. The SMILES string of the molecule is Cc1cc(NC(=O)C(c2ccccc2)c2ccccc2)n(-c2nc3c(cnn3-c3ccc(Cl)cc3)c(=O)[nH]2)n1. The number of halogens is 1. The number of amides is 1. The second kappa shape index (κ2) is 10.0. The second-order valence-corrected chi connectivity index (χ2v) is 9.42.